The van der Waals surface area contributed by atoms with Gasteiger partial charge in [-0.3, -0.25) is 0 Å². The fraction of sp³-hybridized carbons (Fsp3) is 0.533. The molecule has 2 rings (SSSR count). The summed E-state index contributed by atoms with van der Waals surface area (Å²) in [5.74, 6) is 0.419. The van der Waals surface area contributed by atoms with Crippen molar-refractivity contribution in [2.24, 2.45) is 0 Å². The predicted molar refractivity (Wildman–Crippen MR) is 72.9 cm³/mol. The Labute approximate surface area is 118 Å². The van der Waals surface area contributed by atoms with Gasteiger partial charge in [-0.1, -0.05) is 6.07 Å². The quantitative estimate of drug-likeness (QED) is 0.831. The average molecular weight is 280 g/mol. The lowest BCUT2D eigenvalue weighted by Gasteiger charge is -2.28. The van der Waals surface area contributed by atoms with Crippen molar-refractivity contribution in [3.63, 3.8) is 0 Å². The van der Waals surface area contributed by atoms with Gasteiger partial charge in [0.25, 0.3) is 0 Å². The Bertz CT molecular complexity index is 463. The van der Waals surface area contributed by atoms with Crippen molar-refractivity contribution in [2.45, 2.75) is 44.6 Å². The lowest BCUT2D eigenvalue weighted by atomic mass is 9.82. The van der Waals surface area contributed by atoms with E-state index in [1.165, 1.54) is 6.07 Å². The minimum Gasteiger partial charge on any atom is -0.508 e. The van der Waals surface area contributed by atoms with Gasteiger partial charge in [0.1, 0.15) is 17.6 Å². The van der Waals surface area contributed by atoms with Crippen LogP contribution >= 0.6 is 0 Å². The van der Waals surface area contributed by atoms with Crippen LogP contribution in [0.2, 0.25) is 0 Å². The van der Waals surface area contributed by atoms with Crippen LogP contribution in [0.15, 0.2) is 18.2 Å². The van der Waals surface area contributed by atoms with Crippen LogP contribution in [-0.4, -0.2) is 29.1 Å². The Hall–Kier alpha value is -1.91. The highest BCUT2D eigenvalue weighted by molar-refractivity contribution is 5.60. The lowest BCUT2D eigenvalue weighted by molar-refractivity contribution is 0.0117. The summed E-state index contributed by atoms with van der Waals surface area (Å²) in [4.78, 5) is 11.2. The van der Waals surface area contributed by atoms with Gasteiger partial charge in [-0.25, -0.2) is 4.79 Å². The summed E-state index contributed by atoms with van der Waals surface area (Å²) in [5, 5.41) is 19.2. The number of carbonyl (C=O) groups is 1. The van der Waals surface area contributed by atoms with Gasteiger partial charge in [-0.2, -0.15) is 0 Å². The van der Waals surface area contributed by atoms with Crippen LogP contribution in [0.25, 0.3) is 0 Å². The smallest absolute Gasteiger partial charge is 0.508 e. The van der Waals surface area contributed by atoms with Crippen molar-refractivity contribution in [1.82, 2.24) is 0 Å². The number of benzene rings is 1. The molecule has 2 N–H and O–H groups in total. The summed E-state index contributed by atoms with van der Waals surface area (Å²) in [6.45, 7) is 2.06. The van der Waals surface area contributed by atoms with Gasteiger partial charge in [0.15, 0.2) is 0 Å². The second-order valence-corrected chi connectivity index (χ2v) is 5.02. The molecule has 0 heterocycles. The van der Waals surface area contributed by atoms with E-state index in [2.05, 4.69) is 0 Å². The number of aromatic hydroxyl groups is 2. The Morgan fingerprint density at radius 1 is 1.25 bits per heavy atom. The van der Waals surface area contributed by atoms with Crippen molar-refractivity contribution >= 4 is 6.16 Å². The van der Waals surface area contributed by atoms with Gasteiger partial charge in [0.2, 0.25) is 0 Å². The first kappa shape index (κ1) is 14.5. The number of hydrogen-bond donors (Lipinski definition) is 2. The number of rotatable bonds is 3. The Kier molecular flexibility index (Phi) is 4.71. The van der Waals surface area contributed by atoms with Crippen LogP contribution in [0.4, 0.5) is 4.79 Å². The van der Waals surface area contributed by atoms with Crippen LogP contribution in [0.1, 0.15) is 44.1 Å². The van der Waals surface area contributed by atoms with E-state index in [1.807, 2.05) is 0 Å². The highest BCUT2D eigenvalue weighted by Gasteiger charge is 2.26. The topological polar surface area (TPSA) is 76.0 Å². The lowest BCUT2D eigenvalue weighted by Crippen LogP contribution is -2.24. The molecule has 1 aliphatic rings. The van der Waals surface area contributed by atoms with E-state index in [1.54, 1.807) is 19.1 Å². The molecule has 1 aliphatic carbocycles. The molecular formula is C15H20O5. The van der Waals surface area contributed by atoms with E-state index in [0.29, 0.717) is 6.61 Å². The van der Waals surface area contributed by atoms with Crippen molar-refractivity contribution in [1.29, 1.82) is 0 Å². The van der Waals surface area contributed by atoms with Crippen molar-refractivity contribution < 1.29 is 24.5 Å². The second-order valence-electron chi connectivity index (χ2n) is 5.02. The standard InChI is InChI=1S/C15H20O5/c1-2-19-15(18)20-12-6-3-10(4-7-12)13-8-5-11(16)9-14(13)17/h5,8-10,12,16-17H,2-4,6-7H2,1H3/t10-,12-. The molecule has 0 aromatic heterocycles. The maximum atomic E-state index is 11.2. The third-order valence-corrected chi connectivity index (χ3v) is 3.65. The van der Waals surface area contributed by atoms with Gasteiger partial charge in [-0.15, -0.1) is 0 Å². The highest BCUT2D eigenvalue weighted by Crippen LogP contribution is 2.39. The summed E-state index contributed by atoms with van der Waals surface area (Å²) in [6, 6.07) is 4.69. The van der Waals surface area contributed by atoms with E-state index in [0.717, 1.165) is 31.2 Å². The fourth-order valence-corrected chi connectivity index (χ4v) is 2.66. The summed E-state index contributed by atoms with van der Waals surface area (Å²) in [7, 11) is 0. The minimum absolute atomic E-state index is 0.0607. The third-order valence-electron chi connectivity index (χ3n) is 3.65. The van der Waals surface area contributed by atoms with Gasteiger partial charge in [0.05, 0.1) is 6.61 Å². The van der Waals surface area contributed by atoms with Gasteiger partial charge < -0.3 is 19.7 Å². The molecule has 20 heavy (non-hydrogen) atoms. The number of phenolic OH excluding ortho intramolecular Hbond substituents is 2. The average Bonchev–Trinajstić information content (AvgIpc) is 2.40. The predicted octanol–water partition coefficient (Wildman–Crippen LogP) is 3.30. The summed E-state index contributed by atoms with van der Waals surface area (Å²) in [5.41, 5.74) is 0.845. The molecule has 0 saturated heterocycles. The first-order valence-corrected chi connectivity index (χ1v) is 6.95. The zero-order chi connectivity index (χ0) is 14.5. The molecule has 0 spiro atoms. The van der Waals surface area contributed by atoms with E-state index in [9.17, 15) is 15.0 Å². The largest absolute Gasteiger partial charge is 0.508 e. The molecule has 110 valence electrons. The molecular weight excluding hydrogens is 260 g/mol. The van der Waals surface area contributed by atoms with Gasteiger partial charge in [0, 0.05) is 6.07 Å². The van der Waals surface area contributed by atoms with Crippen LogP contribution in [-0.2, 0) is 9.47 Å². The van der Waals surface area contributed by atoms with Crippen molar-refractivity contribution in [3.05, 3.63) is 23.8 Å². The maximum Gasteiger partial charge on any atom is 0.508 e. The first-order chi connectivity index (χ1) is 9.60. The first-order valence-electron chi connectivity index (χ1n) is 6.95. The molecule has 1 fully saturated rings. The Balaban J connectivity index is 1.89. The molecule has 5 nitrogen and oxygen atoms in total. The SMILES string of the molecule is CCOC(=O)O[C@H]1CC[C@H](c2ccc(O)cc2O)CC1. The van der Waals surface area contributed by atoms with Gasteiger partial charge in [-0.05, 0) is 50.2 Å². The van der Waals surface area contributed by atoms with Crippen LogP contribution in [0, 0.1) is 0 Å². The van der Waals surface area contributed by atoms with Crippen molar-refractivity contribution in [2.75, 3.05) is 6.61 Å². The molecule has 0 bridgehead atoms. The van der Waals surface area contributed by atoms with E-state index in [-0.39, 0.29) is 23.5 Å². The summed E-state index contributed by atoms with van der Waals surface area (Å²) >= 11 is 0. The molecule has 0 atom stereocenters. The number of carbonyl (C=O) groups excluding carboxylic acids is 1. The molecule has 1 aromatic rings. The monoisotopic (exact) mass is 280 g/mol. The molecule has 0 aliphatic heterocycles. The molecule has 1 saturated carbocycles. The molecule has 1 aromatic carbocycles. The van der Waals surface area contributed by atoms with Crippen LogP contribution in [0.3, 0.4) is 0 Å². The van der Waals surface area contributed by atoms with Crippen LogP contribution < -0.4 is 0 Å². The molecule has 0 amide bonds. The maximum absolute atomic E-state index is 11.2. The van der Waals surface area contributed by atoms with E-state index < -0.39 is 6.16 Å². The molecule has 0 unspecified atom stereocenters. The summed E-state index contributed by atoms with van der Waals surface area (Å²) in [6.07, 6.45) is 2.46. The fourth-order valence-electron chi connectivity index (χ4n) is 2.66. The van der Waals surface area contributed by atoms with Gasteiger partial charge >= 0.3 is 6.16 Å². The van der Waals surface area contributed by atoms with E-state index in [4.69, 9.17) is 9.47 Å². The minimum atomic E-state index is -0.608. The second kappa shape index (κ2) is 6.50. The highest BCUT2D eigenvalue weighted by atomic mass is 16.7. The number of hydrogen-bond acceptors (Lipinski definition) is 5. The van der Waals surface area contributed by atoms with Crippen LogP contribution in [0.5, 0.6) is 11.5 Å². The Morgan fingerprint density at radius 2 is 1.95 bits per heavy atom. The number of phenols is 2. The summed E-state index contributed by atoms with van der Waals surface area (Å²) < 4.78 is 9.96. The molecule has 5 heteroatoms. The zero-order valence-electron chi connectivity index (χ0n) is 11.5. The molecule has 0 radical (unpaired) electrons. The van der Waals surface area contributed by atoms with E-state index >= 15 is 0 Å². The van der Waals surface area contributed by atoms with Crippen molar-refractivity contribution in [3.8, 4) is 11.5 Å². The normalized spacial score (nSPS) is 22.2. The number of ether oxygens (including phenoxy) is 2. The zero-order valence-corrected chi connectivity index (χ0v) is 11.5. The third kappa shape index (κ3) is 3.56. The Morgan fingerprint density at radius 3 is 2.55 bits per heavy atom.